The monoisotopic (exact) mass is 748 g/mol. The summed E-state index contributed by atoms with van der Waals surface area (Å²) in [7, 11) is 0. The van der Waals surface area contributed by atoms with Crippen LogP contribution < -0.4 is 0 Å². The number of amides is 1. The first-order valence-electron chi connectivity index (χ1n) is 8.96. The van der Waals surface area contributed by atoms with Crippen molar-refractivity contribution in [3.05, 3.63) is 0 Å². The largest absolute Gasteiger partial charge is 0.460 e. The minimum atomic E-state index is -9.22. The van der Waals surface area contributed by atoms with Gasteiger partial charge < -0.3 is 0 Å². The van der Waals surface area contributed by atoms with E-state index in [0.29, 0.717) is 0 Å². The van der Waals surface area contributed by atoms with Crippen molar-refractivity contribution in [2.75, 3.05) is 0 Å². The lowest BCUT2D eigenvalue weighted by Gasteiger charge is -2.41. The van der Waals surface area contributed by atoms with E-state index in [0.717, 1.165) is 0 Å². The molecule has 1 amide bonds. The average Bonchev–Trinajstić information content (AvgIpc) is 2.83. The molecule has 0 heterocycles. The Morgan fingerprint density at radius 3 is 0.933 bits per heavy atom. The highest BCUT2D eigenvalue weighted by Crippen LogP contribution is 2.62. The highest BCUT2D eigenvalue weighted by molar-refractivity contribution is 5.83. The van der Waals surface area contributed by atoms with E-state index in [1.165, 1.54) is 0 Å². The summed E-state index contributed by atoms with van der Waals surface area (Å²) in [6, 6.07) is -8.29. The quantitative estimate of drug-likeness (QED) is 0.0883. The van der Waals surface area contributed by atoms with E-state index in [1.807, 2.05) is 0 Å². The minimum Gasteiger partial charge on any atom is -0.263 e. The van der Waals surface area contributed by atoms with E-state index < -0.39 is 92.8 Å². The van der Waals surface area contributed by atoms with Gasteiger partial charge >= 0.3 is 71.7 Å². The number of alkyl halides is 24. The van der Waals surface area contributed by atoms with Crippen LogP contribution in [0.4, 0.5) is 123 Å². The number of halogens is 28. The third-order valence-electron chi connectivity index (χ3n) is 4.55. The molecule has 0 saturated heterocycles. The Kier molecular flexibility index (Phi) is 10.4. The molecule has 0 aliphatic heterocycles. The number of hydrogen-bond donors (Lipinski definition) is 0. The molecule has 0 N–H and O–H groups in total. The van der Waals surface area contributed by atoms with Gasteiger partial charge in [-0.3, -0.25) is 4.79 Å². The first-order chi connectivity index (χ1) is 19.0. The Bertz CT molecular complexity index is 1080. The molecule has 0 atom stereocenters. The van der Waals surface area contributed by atoms with Crippen molar-refractivity contribution < 1.29 is 128 Å². The summed E-state index contributed by atoms with van der Waals surface area (Å²) in [5.41, 5.74) is 0. The van der Waals surface area contributed by atoms with Crippen molar-refractivity contribution in [3.8, 4) is 0 Å². The summed E-state index contributed by atoms with van der Waals surface area (Å²) in [6.45, 7) is 0. The Hall–Kier alpha value is -2.61. The molecule has 0 unspecified atom stereocenters. The standard InChI is InChI=1S/C12F28N4O/c13-2(14,3(15,16)4(17,18)5(19,20)6(21,22)7(23,24)10(29,30)31)1(45)41(37)43(39)44(40)42(38)12(35,36)9(27,28)8(25,26)11(32,33)34. The summed E-state index contributed by atoms with van der Waals surface area (Å²) in [6.07, 6.45) is -16.0. The van der Waals surface area contributed by atoms with Crippen molar-refractivity contribution in [1.82, 2.24) is 21.1 Å². The first-order valence-corrected chi connectivity index (χ1v) is 8.96. The van der Waals surface area contributed by atoms with Crippen LogP contribution >= 0.6 is 0 Å². The predicted molar refractivity (Wildman–Crippen MR) is 73.4 cm³/mol. The van der Waals surface area contributed by atoms with Crippen LogP contribution in [0.25, 0.3) is 0 Å². The number of carbonyl (C=O) groups excluding carboxylic acids is 1. The molecular formula is C12F28N4O. The Balaban J connectivity index is 6.71. The number of hydrazine groups is 3. The molecule has 0 spiro atoms. The fourth-order valence-corrected chi connectivity index (χ4v) is 2.01. The van der Waals surface area contributed by atoms with Crippen molar-refractivity contribution in [1.29, 1.82) is 0 Å². The van der Waals surface area contributed by atoms with Gasteiger partial charge in [-0.1, -0.05) is 13.4 Å². The molecule has 0 aromatic rings. The normalized spacial score (nSPS) is 16.2. The van der Waals surface area contributed by atoms with Crippen LogP contribution in [0, 0.1) is 0 Å². The summed E-state index contributed by atoms with van der Waals surface area (Å²) < 4.78 is 361. The van der Waals surface area contributed by atoms with Gasteiger partial charge in [-0.2, -0.15) is 105 Å². The maximum atomic E-state index is 13.5. The second-order valence-corrected chi connectivity index (χ2v) is 7.44. The van der Waals surface area contributed by atoms with Gasteiger partial charge in [-0.05, 0) is 5.23 Å². The zero-order valence-corrected chi connectivity index (χ0v) is 18.8. The van der Waals surface area contributed by atoms with E-state index in [9.17, 15) is 128 Å². The minimum absolute atomic E-state index is 4.23. The van der Waals surface area contributed by atoms with Crippen LogP contribution in [0.2, 0.25) is 0 Å². The van der Waals surface area contributed by atoms with E-state index in [-0.39, 0.29) is 0 Å². The fourth-order valence-electron chi connectivity index (χ4n) is 2.01. The highest BCUT2D eigenvalue weighted by atomic mass is 19.4. The van der Waals surface area contributed by atoms with Crippen LogP contribution in [0.3, 0.4) is 0 Å². The summed E-state index contributed by atoms with van der Waals surface area (Å²) in [5, 5.41) is -17.3. The number of nitrogens with zero attached hydrogens (tertiary/aromatic N) is 4. The van der Waals surface area contributed by atoms with Gasteiger partial charge in [0.25, 0.3) is 0 Å². The molecule has 0 aliphatic rings. The molecular weight excluding hydrogens is 748 g/mol. The lowest BCUT2D eigenvalue weighted by atomic mass is 9.91. The van der Waals surface area contributed by atoms with Gasteiger partial charge in [-0.25, -0.2) is 0 Å². The predicted octanol–water partition coefficient (Wildman–Crippen LogP) is 7.80. The molecule has 0 saturated carbocycles. The average molecular weight is 748 g/mol. The van der Waals surface area contributed by atoms with Gasteiger partial charge in [0.15, 0.2) is 0 Å². The highest BCUT2D eigenvalue weighted by Gasteiger charge is 2.94. The molecule has 0 bridgehead atoms. The molecule has 0 rings (SSSR count). The topological polar surface area (TPSA) is 30.0 Å². The zero-order chi connectivity index (χ0) is 37.4. The Morgan fingerprint density at radius 2 is 0.622 bits per heavy atom. The molecule has 45 heavy (non-hydrogen) atoms. The third-order valence-corrected chi connectivity index (χ3v) is 4.55. The smallest absolute Gasteiger partial charge is 0.263 e. The van der Waals surface area contributed by atoms with Gasteiger partial charge in [0, 0.05) is 5.23 Å². The summed E-state index contributed by atoms with van der Waals surface area (Å²) in [4.78, 5) is 10.9. The maximum Gasteiger partial charge on any atom is 0.460 e. The molecule has 0 radical (unpaired) electrons. The SMILES string of the molecule is O=C(N(F)N(F)N(F)N(F)C(F)(F)C(F)(F)C(F)(F)C(F)(F)F)C(F)(F)C(F)(F)C(F)(F)C(F)(F)C(F)(F)C(F)(F)C(F)(F)F. The van der Waals surface area contributed by atoms with E-state index in [1.54, 1.807) is 0 Å². The number of hydrogen-bond acceptors (Lipinski definition) is 4. The number of carbonyl (C=O) groups is 1. The van der Waals surface area contributed by atoms with Crippen LogP contribution in [0.5, 0.6) is 0 Å². The third kappa shape index (κ3) is 5.67. The second-order valence-electron chi connectivity index (χ2n) is 7.44. The molecule has 0 aromatic carbocycles. The van der Waals surface area contributed by atoms with Crippen molar-refractivity contribution in [2.45, 2.75) is 65.8 Å². The van der Waals surface area contributed by atoms with Crippen LogP contribution in [-0.2, 0) is 4.79 Å². The molecule has 0 aromatic heterocycles. The Labute approximate surface area is 222 Å². The van der Waals surface area contributed by atoms with Gasteiger partial charge in [-0.15, -0.1) is 4.48 Å². The molecule has 270 valence electrons. The maximum absolute atomic E-state index is 13.5. The first kappa shape index (κ1) is 42.4. The van der Waals surface area contributed by atoms with Crippen LogP contribution in [0.1, 0.15) is 0 Å². The molecule has 33 heteroatoms. The fraction of sp³-hybridized carbons (Fsp3) is 0.917. The van der Waals surface area contributed by atoms with Gasteiger partial charge in [0.1, 0.15) is 0 Å². The van der Waals surface area contributed by atoms with E-state index >= 15 is 0 Å². The van der Waals surface area contributed by atoms with Gasteiger partial charge in [0.2, 0.25) is 0 Å². The van der Waals surface area contributed by atoms with Crippen LogP contribution in [0.15, 0.2) is 0 Å². The summed E-state index contributed by atoms with van der Waals surface area (Å²) >= 11 is 0. The number of rotatable bonds is 12. The van der Waals surface area contributed by atoms with Crippen LogP contribution in [-0.4, -0.2) is 92.8 Å². The van der Waals surface area contributed by atoms with Crippen molar-refractivity contribution in [3.63, 3.8) is 0 Å². The van der Waals surface area contributed by atoms with E-state index in [2.05, 4.69) is 0 Å². The van der Waals surface area contributed by atoms with Crippen molar-refractivity contribution in [2.24, 2.45) is 0 Å². The second kappa shape index (κ2) is 11.0. The lowest BCUT2D eigenvalue weighted by molar-refractivity contribution is -0.559. The molecule has 5 nitrogen and oxygen atoms in total. The lowest BCUT2D eigenvalue weighted by Crippen LogP contribution is -2.74. The van der Waals surface area contributed by atoms with Crippen molar-refractivity contribution >= 4 is 5.91 Å². The summed E-state index contributed by atoms with van der Waals surface area (Å²) in [5.74, 6) is -75.9. The van der Waals surface area contributed by atoms with E-state index in [4.69, 9.17) is 0 Å². The zero-order valence-electron chi connectivity index (χ0n) is 18.8. The Morgan fingerprint density at radius 1 is 0.356 bits per heavy atom. The molecule has 0 fully saturated rings. The molecule has 0 aliphatic carbocycles. The van der Waals surface area contributed by atoms with Gasteiger partial charge in [0.05, 0.1) is 10.7 Å².